The topological polar surface area (TPSA) is 0 Å². The molecule has 0 saturated carbocycles. The molecule has 3 heterocycles. The second kappa shape index (κ2) is 2.93. The van der Waals surface area contributed by atoms with Crippen molar-refractivity contribution < 1.29 is 0 Å². The van der Waals surface area contributed by atoms with Crippen molar-refractivity contribution in [3.05, 3.63) is 23.0 Å². The standard InChI is InChI=1S/C12H18P2/c1-7-5-9-12-10(11(7)14(9)4)8(2)6-13(12)3/h5-6,9-12H,1-4H3/t9-,10-,11+,12+,13?,14?/m0/s1. The minimum Gasteiger partial charge on any atom is -0.0942 e. The van der Waals surface area contributed by atoms with Gasteiger partial charge in [-0.1, -0.05) is 38.9 Å². The summed E-state index contributed by atoms with van der Waals surface area (Å²) >= 11 is 0. The molecule has 2 heteroatoms. The molecular formula is C12H18P2. The minimum atomic E-state index is 0.204. The van der Waals surface area contributed by atoms with E-state index in [0.29, 0.717) is 0 Å². The Morgan fingerprint density at radius 2 is 1.86 bits per heavy atom. The van der Waals surface area contributed by atoms with Gasteiger partial charge in [-0.2, -0.15) is 0 Å². The van der Waals surface area contributed by atoms with Crippen LogP contribution >= 0.6 is 15.8 Å². The van der Waals surface area contributed by atoms with Gasteiger partial charge in [-0.3, -0.25) is 0 Å². The van der Waals surface area contributed by atoms with Crippen LogP contribution < -0.4 is 0 Å². The molecule has 0 amide bonds. The monoisotopic (exact) mass is 224 g/mol. The maximum Gasteiger partial charge on any atom is 0.00731 e. The number of rotatable bonds is 0. The first kappa shape index (κ1) is 9.56. The van der Waals surface area contributed by atoms with Gasteiger partial charge in [-0.05, 0) is 33.1 Å². The molecule has 3 rings (SSSR count). The first-order valence-electron chi connectivity index (χ1n) is 5.42. The molecule has 0 aromatic carbocycles. The lowest BCUT2D eigenvalue weighted by Crippen LogP contribution is -2.26. The molecule has 0 spiro atoms. The Labute approximate surface area is 89.4 Å². The molecule has 14 heavy (non-hydrogen) atoms. The molecule has 2 unspecified atom stereocenters. The fourth-order valence-corrected chi connectivity index (χ4v) is 10.8. The molecule has 1 saturated heterocycles. The number of hydrogen-bond donors (Lipinski definition) is 0. The summed E-state index contributed by atoms with van der Waals surface area (Å²) in [6.45, 7) is 9.76. The molecule has 6 atom stereocenters. The van der Waals surface area contributed by atoms with Gasteiger partial charge in [0.25, 0.3) is 0 Å². The van der Waals surface area contributed by atoms with Crippen molar-refractivity contribution in [2.45, 2.75) is 30.8 Å². The molecule has 0 aromatic rings. The number of hydrogen-bond acceptors (Lipinski definition) is 0. The summed E-state index contributed by atoms with van der Waals surface area (Å²) in [7, 11) is 0.485. The van der Waals surface area contributed by atoms with Crippen molar-refractivity contribution in [2.24, 2.45) is 5.92 Å². The van der Waals surface area contributed by atoms with E-state index in [1.165, 1.54) is 0 Å². The van der Waals surface area contributed by atoms with Gasteiger partial charge in [0, 0.05) is 17.0 Å². The number of fused-ring (bicyclic) bond motifs is 5. The van der Waals surface area contributed by atoms with Crippen LogP contribution in [0.15, 0.2) is 23.0 Å². The van der Waals surface area contributed by atoms with Crippen LogP contribution in [0.4, 0.5) is 0 Å². The lowest BCUT2D eigenvalue weighted by molar-refractivity contribution is 0.611. The Morgan fingerprint density at radius 1 is 1.14 bits per heavy atom. The van der Waals surface area contributed by atoms with Crippen LogP contribution in [0.1, 0.15) is 13.8 Å². The van der Waals surface area contributed by atoms with E-state index in [9.17, 15) is 0 Å². The largest absolute Gasteiger partial charge is 0.0942 e. The molecule has 1 fully saturated rings. The Bertz CT molecular complexity index is 342. The molecular weight excluding hydrogens is 206 g/mol. The summed E-state index contributed by atoms with van der Waals surface area (Å²) in [4.78, 5) is 0. The van der Waals surface area contributed by atoms with Gasteiger partial charge in [0.1, 0.15) is 0 Å². The van der Waals surface area contributed by atoms with Crippen LogP contribution in [0.5, 0.6) is 0 Å². The Morgan fingerprint density at radius 3 is 2.57 bits per heavy atom. The van der Waals surface area contributed by atoms with Crippen LogP contribution in [0.3, 0.4) is 0 Å². The molecule has 0 radical (unpaired) electrons. The average Bonchev–Trinajstić information content (AvgIpc) is 2.64. The normalized spacial score (nSPS) is 54.6. The van der Waals surface area contributed by atoms with Crippen molar-refractivity contribution in [3.63, 3.8) is 0 Å². The molecule has 76 valence electrons. The zero-order chi connectivity index (χ0) is 10.0. The fraction of sp³-hybridized carbons (Fsp3) is 0.667. The maximum atomic E-state index is 2.61. The van der Waals surface area contributed by atoms with Crippen molar-refractivity contribution in [1.82, 2.24) is 0 Å². The second-order valence-corrected chi connectivity index (χ2v) is 9.74. The third-order valence-electron chi connectivity index (χ3n) is 4.27. The highest BCUT2D eigenvalue weighted by molar-refractivity contribution is 7.66. The van der Waals surface area contributed by atoms with Crippen molar-refractivity contribution >= 4 is 15.8 Å². The lowest BCUT2D eigenvalue weighted by atomic mass is 9.85. The Kier molecular flexibility index (Phi) is 2.00. The van der Waals surface area contributed by atoms with Gasteiger partial charge >= 0.3 is 0 Å². The smallest absolute Gasteiger partial charge is 0.00731 e. The van der Waals surface area contributed by atoms with Gasteiger partial charge in [0.15, 0.2) is 0 Å². The van der Waals surface area contributed by atoms with Crippen LogP contribution in [0.2, 0.25) is 0 Å². The molecule has 3 aliphatic heterocycles. The van der Waals surface area contributed by atoms with E-state index >= 15 is 0 Å². The second-order valence-electron chi connectivity index (χ2n) is 5.07. The van der Waals surface area contributed by atoms with Gasteiger partial charge < -0.3 is 0 Å². The molecule has 0 N–H and O–H groups in total. The third-order valence-corrected chi connectivity index (χ3v) is 9.92. The van der Waals surface area contributed by atoms with Crippen molar-refractivity contribution in [3.8, 4) is 0 Å². The van der Waals surface area contributed by atoms with Crippen LogP contribution in [0, 0.1) is 5.92 Å². The highest BCUT2D eigenvalue weighted by Gasteiger charge is 2.55. The van der Waals surface area contributed by atoms with E-state index in [1.54, 1.807) is 11.1 Å². The zero-order valence-electron chi connectivity index (χ0n) is 9.36. The highest BCUT2D eigenvalue weighted by Crippen LogP contribution is 2.73. The SMILES string of the molecule is CC1=CP(C)[C@H]2[C@@H]1[C@H]1C(C)=C[C@@H]2P1C. The predicted octanol–water partition coefficient (Wildman–Crippen LogP) is 3.82. The molecule has 0 aliphatic carbocycles. The van der Waals surface area contributed by atoms with E-state index in [-0.39, 0.29) is 15.8 Å². The molecule has 0 nitrogen and oxygen atoms in total. The van der Waals surface area contributed by atoms with Gasteiger partial charge in [0.05, 0.1) is 0 Å². The molecule has 2 bridgehead atoms. The van der Waals surface area contributed by atoms with Crippen molar-refractivity contribution in [1.29, 1.82) is 0 Å². The maximum absolute atomic E-state index is 2.61. The Balaban J connectivity index is 2.06. The zero-order valence-corrected chi connectivity index (χ0v) is 11.1. The summed E-state index contributed by atoms with van der Waals surface area (Å²) in [6.07, 6.45) is 2.61. The average molecular weight is 224 g/mol. The van der Waals surface area contributed by atoms with E-state index in [0.717, 1.165) is 22.9 Å². The van der Waals surface area contributed by atoms with Crippen molar-refractivity contribution in [2.75, 3.05) is 13.3 Å². The lowest BCUT2D eigenvalue weighted by Gasteiger charge is -2.27. The first-order valence-corrected chi connectivity index (χ1v) is 9.27. The minimum absolute atomic E-state index is 0.204. The Hall–Kier alpha value is 0.340. The predicted molar refractivity (Wildman–Crippen MR) is 68.1 cm³/mol. The fourth-order valence-electron chi connectivity index (χ4n) is 3.77. The van der Waals surface area contributed by atoms with E-state index in [2.05, 4.69) is 39.1 Å². The van der Waals surface area contributed by atoms with E-state index in [1.807, 2.05) is 0 Å². The third kappa shape index (κ3) is 0.975. The van der Waals surface area contributed by atoms with Crippen LogP contribution in [-0.2, 0) is 0 Å². The van der Waals surface area contributed by atoms with Gasteiger partial charge in [-0.25, -0.2) is 0 Å². The van der Waals surface area contributed by atoms with Gasteiger partial charge in [-0.15, -0.1) is 0 Å². The highest BCUT2D eigenvalue weighted by atomic mass is 31.1. The summed E-state index contributed by atoms with van der Waals surface area (Å²) in [6, 6.07) is 0. The number of allylic oxidation sites excluding steroid dienone is 3. The summed E-state index contributed by atoms with van der Waals surface area (Å²) in [5.74, 6) is 3.55. The molecule has 0 aromatic heterocycles. The van der Waals surface area contributed by atoms with Crippen LogP contribution in [0.25, 0.3) is 0 Å². The summed E-state index contributed by atoms with van der Waals surface area (Å²) in [5.41, 5.74) is 6.41. The quantitative estimate of drug-likeness (QED) is 0.433. The first-order chi connectivity index (χ1) is 6.61. The summed E-state index contributed by atoms with van der Waals surface area (Å²) in [5, 5.41) is 0. The van der Waals surface area contributed by atoms with Gasteiger partial charge in [0.2, 0.25) is 0 Å². The summed E-state index contributed by atoms with van der Waals surface area (Å²) < 4.78 is 0. The van der Waals surface area contributed by atoms with E-state index in [4.69, 9.17) is 0 Å². The molecule has 3 aliphatic rings. The van der Waals surface area contributed by atoms with E-state index < -0.39 is 0 Å². The van der Waals surface area contributed by atoms with Crippen LogP contribution in [-0.4, -0.2) is 30.3 Å².